The molecule has 0 saturated heterocycles. The van der Waals surface area contributed by atoms with Crippen LogP contribution in [0.1, 0.15) is 13.8 Å². The number of sulfonamides is 1. The molecule has 0 heterocycles. The molecule has 1 amide bonds. The molecule has 0 bridgehead atoms. The van der Waals surface area contributed by atoms with E-state index in [4.69, 9.17) is 9.47 Å². The molecule has 2 N–H and O–H groups in total. The Morgan fingerprint density at radius 1 is 1.10 bits per heavy atom. The Kier molecular flexibility index (Phi) is 8.39. The van der Waals surface area contributed by atoms with Crippen molar-refractivity contribution in [2.24, 2.45) is 5.92 Å². The SMILES string of the molecule is COc1cccc(NC(=O)COC(=O)[C@@H](NS(=O)(=O)c2ccc(Br)cc2)C(C)C)c1. The summed E-state index contributed by atoms with van der Waals surface area (Å²) in [6, 6.07) is 11.5. The van der Waals surface area contributed by atoms with Crippen molar-refractivity contribution in [3.05, 3.63) is 53.0 Å². The van der Waals surface area contributed by atoms with E-state index in [0.717, 1.165) is 4.47 Å². The van der Waals surface area contributed by atoms with E-state index >= 15 is 0 Å². The van der Waals surface area contributed by atoms with Gasteiger partial charge in [0.1, 0.15) is 11.8 Å². The van der Waals surface area contributed by atoms with Crippen molar-refractivity contribution < 1.29 is 27.5 Å². The van der Waals surface area contributed by atoms with Gasteiger partial charge in [-0.05, 0) is 42.3 Å². The van der Waals surface area contributed by atoms with Gasteiger partial charge in [0, 0.05) is 16.2 Å². The first-order valence-electron chi connectivity index (χ1n) is 9.01. The standard InChI is InChI=1S/C20H23BrN2O6S/c1-13(2)19(23-30(26,27)17-9-7-14(21)8-10-17)20(25)29-12-18(24)22-15-5-4-6-16(11-15)28-3/h4-11,13,19,23H,12H2,1-3H3,(H,22,24)/t19-/m0/s1. The fraction of sp³-hybridized carbons (Fsp3) is 0.300. The van der Waals surface area contributed by atoms with Gasteiger partial charge in [0.05, 0.1) is 12.0 Å². The summed E-state index contributed by atoms with van der Waals surface area (Å²) in [4.78, 5) is 24.5. The van der Waals surface area contributed by atoms with Crippen molar-refractivity contribution in [3.63, 3.8) is 0 Å². The number of methoxy groups -OCH3 is 1. The summed E-state index contributed by atoms with van der Waals surface area (Å²) in [7, 11) is -2.44. The van der Waals surface area contributed by atoms with E-state index in [2.05, 4.69) is 26.0 Å². The van der Waals surface area contributed by atoms with E-state index in [1.807, 2.05) is 0 Å². The average Bonchev–Trinajstić information content (AvgIpc) is 2.70. The van der Waals surface area contributed by atoms with E-state index in [9.17, 15) is 18.0 Å². The summed E-state index contributed by atoms with van der Waals surface area (Å²) in [6.45, 7) is 2.79. The number of rotatable bonds is 9. The maximum atomic E-state index is 12.6. The molecular weight excluding hydrogens is 476 g/mol. The first-order valence-corrected chi connectivity index (χ1v) is 11.3. The normalized spacial score (nSPS) is 12.3. The number of carbonyl (C=O) groups is 2. The van der Waals surface area contributed by atoms with E-state index in [1.165, 1.54) is 19.2 Å². The molecule has 0 aliphatic heterocycles. The molecular formula is C20H23BrN2O6S. The number of benzene rings is 2. The van der Waals surface area contributed by atoms with Gasteiger partial charge < -0.3 is 14.8 Å². The molecule has 0 unspecified atom stereocenters. The Bertz CT molecular complexity index is 993. The Morgan fingerprint density at radius 3 is 2.37 bits per heavy atom. The summed E-state index contributed by atoms with van der Waals surface area (Å²) < 4.78 is 38.3. The third-order valence-corrected chi connectivity index (χ3v) is 6.01. The fourth-order valence-electron chi connectivity index (χ4n) is 2.43. The topological polar surface area (TPSA) is 111 Å². The summed E-state index contributed by atoms with van der Waals surface area (Å²) >= 11 is 3.24. The van der Waals surface area contributed by atoms with Crippen LogP contribution < -0.4 is 14.8 Å². The lowest BCUT2D eigenvalue weighted by molar-refractivity contribution is -0.150. The minimum absolute atomic E-state index is 0.0138. The maximum Gasteiger partial charge on any atom is 0.324 e. The molecule has 2 aromatic rings. The summed E-state index contributed by atoms with van der Waals surface area (Å²) in [5.74, 6) is -1.24. The van der Waals surface area contributed by atoms with Crippen molar-refractivity contribution in [3.8, 4) is 5.75 Å². The summed E-state index contributed by atoms with van der Waals surface area (Å²) in [5, 5.41) is 2.58. The number of hydrogen-bond donors (Lipinski definition) is 2. The van der Waals surface area contributed by atoms with Crippen LogP contribution in [0.4, 0.5) is 5.69 Å². The van der Waals surface area contributed by atoms with Crippen LogP contribution in [0.15, 0.2) is 57.9 Å². The van der Waals surface area contributed by atoms with Crippen molar-refractivity contribution in [2.75, 3.05) is 19.0 Å². The number of nitrogens with one attached hydrogen (secondary N) is 2. The maximum absolute atomic E-state index is 12.6. The summed E-state index contributed by atoms with van der Waals surface area (Å²) in [6.07, 6.45) is 0. The second-order valence-corrected chi connectivity index (χ2v) is 9.31. The molecule has 1 atom stereocenters. The number of carbonyl (C=O) groups excluding carboxylic acids is 2. The van der Waals surface area contributed by atoms with Crippen molar-refractivity contribution in [1.82, 2.24) is 4.72 Å². The average molecular weight is 499 g/mol. The molecule has 8 nitrogen and oxygen atoms in total. The fourth-order valence-corrected chi connectivity index (χ4v) is 4.03. The Hall–Kier alpha value is -2.43. The number of esters is 1. The van der Waals surface area contributed by atoms with E-state index in [1.54, 1.807) is 50.2 Å². The number of halogens is 1. The van der Waals surface area contributed by atoms with Gasteiger partial charge in [0.2, 0.25) is 10.0 Å². The second kappa shape index (κ2) is 10.6. The van der Waals surface area contributed by atoms with Crippen molar-refractivity contribution >= 4 is 43.5 Å². The molecule has 10 heteroatoms. The highest BCUT2D eigenvalue weighted by atomic mass is 79.9. The van der Waals surface area contributed by atoms with Crippen LogP contribution in [-0.2, 0) is 24.3 Å². The highest BCUT2D eigenvalue weighted by molar-refractivity contribution is 9.10. The molecule has 0 fully saturated rings. The number of anilines is 1. The third-order valence-electron chi connectivity index (χ3n) is 4.03. The first-order chi connectivity index (χ1) is 14.1. The molecule has 0 aliphatic rings. The van der Waals surface area contributed by atoms with Crippen LogP contribution in [0.2, 0.25) is 0 Å². The first kappa shape index (κ1) is 23.8. The van der Waals surface area contributed by atoms with Gasteiger partial charge in [0.15, 0.2) is 6.61 Å². The van der Waals surface area contributed by atoms with Gasteiger partial charge in [-0.1, -0.05) is 35.8 Å². The van der Waals surface area contributed by atoms with Gasteiger partial charge in [-0.15, -0.1) is 0 Å². The van der Waals surface area contributed by atoms with E-state index in [-0.39, 0.29) is 4.90 Å². The molecule has 0 spiro atoms. The molecule has 0 saturated carbocycles. The van der Waals surface area contributed by atoms with Crippen LogP contribution in [0.25, 0.3) is 0 Å². The van der Waals surface area contributed by atoms with Gasteiger partial charge in [-0.25, -0.2) is 8.42 Å². The predicted molar refractivity (Wildman–Crippen MR) is 116 cm³/mol. The minimum Gasteiger partial charge on any atom is -0.497 e. The Balaban J connectivity index is 1.99. The summed E-state index contributed by atoms with van der Waals surface area (Å²) in [5.41, 5.74) is 0.478. The van der Waals surface area contributed by atoms with Crippen LogP contribution in [0, 0.1) is 5.92 Å². The lowest BCUT2D eigenvalue weighted by atomic mass is 10.1. The Morgan fingerprint density at radius 2 is 1.77 bits per heavy atom. The van der Waals surface area contributed by atoms with Gasteiger partial charge in [-0.3, -0.25) is 9.59 Å². The minimum atomic E-state index is -3.95. The quantitative estimate of drug-likeness (QED) is 0.514. The van der Waals surface area contributed by atoms with E-state index < -0.39 is 40.5 Å². The number of hydrogen-bond acceptors (Lipinski definition) is 6. The second-order valence-electron chi connectivity index (χ2n) is 6.68. The lowest BCUT2D eigenvalue weighted by Crippen LogP contribution is -2.45. The van der Waals surface area contributed by atoms with Gasteiger partial charge in [0.25, 0.3) is 5.91 Å². The third kappa shape index (κ3) is 6.82. The van der Waals surface area contributed by atoms with Crippen molar-refractivity contribution in [2.45, 2.75) is 24.8 Å². The highest BCUT2D eigenvalue weighted by Gasteiger charge is 2.30. The van der Waals surface area contributed by atoms with Gasteiger partial charge >= 0.3 is 5.97 Å². The van der Waals surface area contributed by atoms with Crippen LogP contribution in [0.5, 0.6) is 5.75 Å². The largest absolute Gasteiger partial charge is 0.497 e. The smallest absolute Gasteiger partial charge is 0.324 e. The molecule has 30 heavy (non-hydrogen) atoms. The zero-order valence-electron chi connectivity index (χ0n) is 16.7. The zero-order valence-corrected chi connectivity index (χ0v) is 19.1. The van der Waals surface area contributed by atoms with Crippen LogP contribution in [-0.4, -0.2) is 40.1 Å². The molecule has 0 aliphatic carbocycles. The van der Waals surface area contributed by atoms with Crippen LogP contribution >= 0.6 is 15.9 Å². The van der Waals surface area contributed by atoms with E-state index in [0.29, 0.717) is 11.4 Å². The van der Waals surface area contributed by atoms with Crippen molar-refractivity contribution in [1.29, 1.82) is 0 Å². The van der Waals surface area contributed by atoms with Gasteiger partial charge in [-0.2, -0.15) is 4.72 Å². The molecule has 2 rings (SSSR count). The molecule has 0 aromatic heterocycles. The van der Waals surface area contributed by atoms with Crippen LogP contribution in [0.3, 0.4) is 0 Å². The lowest BCUT2D eigenvalue weighted by Gasteiger charge is -2.20. The number of ether oxygens (including phenoxy) is 2. The highest BCUT2D eigenvalue weighted by Crippen LogP contribution is 2.18. The Labute approximate surface area is 184 Å². The monoisotopic (exact) mass is 498 g/mol. The molecule has 2 aromatic carbocycles. The molecule has 0 radical (unpaired) electrons. The zero-order chi connectivity index (χ0) is 22.3. The predicted octanol–water partition coefficient (Wildman–Crippen LogP) is 2.94. The number of amides is 1. The molecule has 162 valence electrons.